The van der Waals surface area contributed by atoms with Crippen LogP contribution in [0.25, 0.3) is 0 Å². The molecule has 0 heterocycles. The van der Waals surface area contributed by atoms with Gasteiger partial charge in [0.05, 0.1) is 12.6 Å². The number of hydrogen-bond acceptors (Lipinski definition) is 4. The van der Waals surface area contributed by atoms with E-state index in [1.807, 2.05) is 6.92 Å². The van der Waals surface area contributed by atoms with Crippen LogP contribution in [0.15, 0.2) is 29.3 Å². The molecule has 3 N–H and O–H groups in total. The first-order valence-corrected chi connectivity index (χ1v) is 9.32. The van der Waals surface area contributed by atoms with E-state index in [9.17, 15) is 13.9 Å². The van der Waals surface area contributed by atoms with E-state index in [0.29, 0.717) is 24.1 Å². The Kier molecular flexibility index (Phi) is 10.7. The van der Waals surface area contributed by atoms with Gasteiger partial charge in [-0.2, -0.15) is 8.78 Å². The molecule has 0 radical (unpaired) electrons. The molecular weight excluding hydrogens is 354 g/mol. The Hall–Kier alpha value is -1.93. The summed E-state index contributed by atoms with van der Waals surface area (Å²) in [6, 6.07) is 6.44. The van der Waals surface area contributed by atoms with Gasteiger partial charge in [0.2, 0.25) is 0 Å². The highest BCUT2D eigenvalue weighted by molar-refractivity contribution is 5.79. The number of alkyl halides is 2. The van der Waals surface area contributed by atoms with Crippen LogP contribution in [0.5, 0.6) is 5.75 Å². The molecule has 8 heteroatoms. The monoisotopic (exact) mass is 386 g/mol. The van der Waals surface area contributed by atoms with E-state index in [-0.39, 0.29) is 12.3 Å². The predicted molar refractivity (Wildman–Crippen MR) is 104 cm³/mol. The fourth-order valence-electron chi connectivity index (χ4n) is 2.38. The van der Waals surface area contributed by atoms with Crippen LogP contribution in [0.2, 0.25) is 0 Å². The van der Waals surface area contributed by atoms with Crippen molar-refractivity contribution in [1.82, 2.24) is 15.5 Å². The van der Waals surface area contributed by atoms with Crippen molar-refractivity contribution in [2.24, 2.45) is 4.99 Å². The van der Waals surface area contributed by atoms with Crippen LogP contribution in [-0.2, 0) is 0 Å². The lowest BCUT2D eigenvalue weighted by atomic mass is 10.1. The number of ether oxygens (including phenoxy) is 1. The normalized spacial score (nSPS) is 14.3. The minimum absolute atomic E-state index is 0.0601. The maximum Gasteiger partial charge on any atom is 0.387 e. The fraction of sp³-hybridized carbons (Fsp3) is 0.632. The predicted octanol–water partition coefficient (Wildman–Crippen LogP) is 2.61. The third kappa shape index (κ3) is 9.01. The summed E-state index contributed by atoms with van der Waals surface area (Å²) in [6.07, 6.45) is 0.265. The number of aliphatic hydroxyl groups is 1. The average Bonchev–Trinajstić information content (AvgIpc) is 2.65. The summed E-state index contributed by atoms with van der Waals surface area (Å²) in [7, 11) is 2.09. The lowest BCUT2D eigenvalue weighted by molar-refractivity contribution is -0.0498. The summed E-state index contributed by atoms with van der Waals surface area (Å²) in [5, 5.41) is 16.7. The van der Waals surface area contributed by atoms with Crippen molar-refractivity contribution in [2.45, 2.75) is 45.9 Å². The Morgan fingerprint density at radius 3 is 2.44 bits per heavy atom. The molecule has 0 saturated carbocycles. The number of likely N-dealkylation sites (N-methyl/N-ethyl adjacent to an activating group) is 1. The second-order valence-electron chi connectivity index (χ2n) is 6.35. The van der Waals surface area contributed by atoms with E-state index in [0.717, 1.165) is 19.5 Å². The molecule has 1 aromatic rings. The van der Waals surface area contributed by atoms with E-state index in [1.54, 1.807) is 12.1 Å². The van der Waals surface area contributed by atoms with Gasteiger partial charge < -0.3 is 25.4 Å². The largest absolute Gasteiger partial charge is 0.435 e. The minimum Gasteiger partial charge on any atom is -0.435 e. The van der Waals surface area contributed by atoms with Crippen LogP contribution >= 0.6 is 0 Å². The van der Waals surface area contributed by atoms with Crippen LogP contribution in [0.3, 0.4) is 0 Å². The molecule has 2 atom stereocenters. The Labute approximate surface area is 160 Å². The summed E-state index contributed by atoms with van der Waals surface area (Å²) in [6.45, 7) is 5.95. The first-order chi connectivity index (χ1) is 12.9. The molecule has 1 aromatic carbocycles. The van der Waals surface area contributed by atoms with Crippen LogP contribution in [0.4, 0.5) is 8.78 Å². The first-order valence-electron chi connectivity index (χ1n) is 9.32. The van der Waals surface area contributed by atoms with Gasteiger partial charge in [-0.25, -0.2) is 0 Å². The topological polar surface area (TPSA) is 69.1 Å². The third-order valence-electron chi connectivity index (χ3n) is 4.36. The Bertz CT molecular complexity index is 555. The Balaban J connectivity index is 2.55. The van der Waals surface area contributed by atoms with E-state index >= 15 is 0 Å². The maximum absolute atomic E-state index is 12.2. The zero-order valence-corrected chi connectivity index (χ0v) is 16.6. The quantitative estimate of drug-likeness (QED) is 0.403. The highest BCUT2D eigenvalue weighted by atomic mass is 19.3. The van der Waals surface area contributed by atoms with Crippen molar-refractivity contribution < 1.29 is 18.6 Å². The molecule has 2 unspecified atom stereocenters. The van der Waals surface area contributed by atoms with Gasteiger partial charge in [-0.15, -0.1) is 0 Å². The summed E-state index contributed by atoms with van der Waals surface area (Å²) < 4.78 is 28.6. The average molecular weight is 386 g/mol. The SMILES string of the molecule is CCNC(=NCC(O)c1ccc(OC(F)F)cc1)NCCN(C)C(C)CC. The van der Waals surface area contributed by atoms with Gasteiger partial charge in [-0.3, -0.25) is 4.99 Å². The highest BCUT2D eigenvalue weighted by Gasteiger charge is 2.10. The second-order valence-corrected chi connectivity index (χ2v) is 6.35. The summed E-state index contributed by atoms with van der Waals surface area (Å²) >= 11 is 0. The molecule has 0 aromatic heterocycles. The van der Waals surface area contributed by atoms with E-state index in [2.05, 4.69) is 46.2 Å². The molecule has 0 aliphatic heterocycles. The van der Waals surface area contributed by atoms with Gasteiger partial charge in [-0.1, -0.05) is 19.1 Å². The maximum atomic E-state index is 12.2. The number of aliphatic hydroxyl groups excluding tert-OH is 1. The van der Waals surface area contributed by atoms with Gasteiger partial charge >= 0.3 is 6.61 Å². The van der Waals surface area contributed by atoms with E-state index in [1.165, 1.54) is 12.1 Å². The zero-order chi connectivity index (χ0) is 20.2. The lowest BCUT2D eigenvalue weighted by Gasteiger charge is -2.24. The fourth-order valence-corrected chi connectivity index (χ4v) is 2.38. The molecule has 0 bridgehead atoms. The second kappa shape index (κ2) is 12.5. The molecule has 6 nitrogen and oxygen atoms in total. The molecule has 0 aliphatic carbocycles. The van der Waals surface area contributed by atoms with Crippen LogP contribution < -0.4 is 15.4 Å². The van der Waals surface area contributed by atoms with Crippen LogP contribution in [-0.4, -0.2) is 61.8 Å². The van der Waals surface area contributed by atoms with Crippen molar-refractivity contribution in [3.05, 3.63) is 29.8 Å². The number of hydrogen-bond donors (Lipinski definition) is 3. The van der Waals surface area contributed by atoms with Crippen molar-refractivity contribution in [2.75, 3.05) is 33.2 Å². The number of nitrogens with one attached hydrogen (secondary N) is 2. The summed E-state index contributed by atoms with van der Waals surface area (Å²) in [4.78, 5) is 6.67. The molecule has 27 heavy (non-hydrogen) atoms. The van der Waals surface area contributed by atoms with Gasteiger partial charge in [-0.05, 0) is 45.0 Å². The summed E-state index contributed by atoms with van der Waals surface area (Å²) in [5.74, 6) is 0.691. The number of rotatable bonds is 11. The molecule has 0 spiro atoms. The zero-order valence-electron chi connectivity index (χ0n) is 16.6. The Morgan fingerprint density at radius 2 is 1.89 bits per heavy atom. The third-order valence-corrected chi connectivity index (χ3v) is 4.36. The van der Waals surface area contributed by atoms with Gasteiger partial charge in [0.1, 0.15) is 5.75 Å². The summed E-state index contributed by atoms with van der Waals surface area (Å²) in [5.41, 5.74) is 0.590. The van der Waals surface area contributed by atoms with Crippen LogP contribution in [0.1, 0.15) is 38.9 Å². The number of nitrogens with zero attached hydrogens (tertiary/aromatic N) is 2. The molecule has 0 amide bonds. The van der Waals surface area contributed by atoms with Crippen molar-refractivity contribution >= 4 is 5.96 Å². The number of benzene rings is 1. The Morgan fingerprint density at radius 1 is 1.22 bits per heavy atom. The van der Waals surface area contributed by atoms with Crippen LogP contribution in [0, 0.1) is 0 Å². The minimum atomic E-state index is -2.86. The molecule has 154 valence electrons. The highest BCUT2D eigenvalue weighted by Crippen LogP contribution is 2.19. The van der Waals surface area contributed by atoms with E-state index < -0.39 is 12.7 Å². The van der Waals surface area contributed by atoms with Gasteiger partial charge in [0.15, 0.2) is 5.96 Å². The number of aliphatic imine (C=N–C) groups is 1. The molecular formula is C19H32F2N4O2. The smallest absolute Gasteiger partial charge is 0.387 e. The first kappa shape index (κ1) is 23.1. The number of halogens is 2. The van der Waals surface area contributed by atoms with E-state index in [4.69, 9.17) is 0 Å². The van der Waals surface area contributed by atoms with Crippen molar-refractivity contribution in [3.63, 3.8) is 0 Å². The molecule has 0 saturated heterocycles. The lowest BCUT2D eigenvalue weighted by Crippen LogP contribution is -2.42. The van der Waals surface area contributed by atoms with Gasteiger partial charge in [0, 0.05) is 25.7 Å². The standard InChI is InChI=1S/C19H32F2N4O2/c1-5-14(3)25(4)12-11-23-19(22-6-2)24-13-17(26)15-7-9-16(10-8-15)27-18(20)21/h7-10,14,17-18,26H,5-6,11-13H2,1-4H3,(H2,22,23,24). The molecule has 1 rings (SSSR count). The molecule has 0 fully saturated rings. The number of guanidine groups is 1. The van der Waals surface area contributed by atoms with Gasteiger partial charge in [0.25, 0.3) is 0 Å². The van der Waals surface area contributed by atoms with Crippen molar-refractivity contribution in [1.29, 1.82) is 0 Å². The van der Waals surface area contributed by atoms with Crippen molar-refractivity contribution in [3.8, 4) is 5.75 Å². The molecule has 0 aliphatic rings.